The molecule has 0 saturated heterocycles. The van der Waals surface area contributed by atoms with E-state index >= 15 is 0 Å². The van der Waals surface area contributed by atoms with E-state index in [-0.39, 0.29) is 27.1 Å². The average molecular weight is 447 g/mol. The van der Waals surface area contributed by atoms with Crippen molar-refractivity contribution in [2.75, 3.05) is 11.8 Å². The number of nitrogens with zero attached hydrogens (tertiary/aromatic N) is 1. The van der Waals surface area contributed by atoms with Gasteiger partial charge in [-0.05, 0) is 60.5 Å². The molecule has 0 aliphatic carbocycles. The molecule has 0 fully saturated rings. The molecule has 8 heteroatoms. The molecule has 0 radical (unpaired) electrons. The largest absolute Gasteiger partial charge is 0.337 e. The molecule has 0 atom stereocenters. The Kier molecular flexibility index (Phi) is 6.43. The molecule has 0 aromatic heterocycles. The van der Waals surface area contributed by atoms with E-state index in [0.29, 0.717) is 6.54 Å². The summed E-state index contributed by atoms with van der Waals surface area (Å²) in [5.74, 6) is -0.826. The van der Waals surface area contributed by atoms with Crippen LogP contribution >= 0.6 is 11.6 Å². The molecule has 0 heterocycles. The SMILES string of the molecule is Cc1ccccc1CN(C)C(=O)c1ccc(Cl)c(NS(=O)(=O)c2ccc(F)cc2)c1. The lowest BCUT2D eigenvalue weighted by Crippen LogP contribution is -2.26. The van der Waals surface area contributed by atoms with E-state index in [1.165, 1.54) is 18.2 Å². The number of hydrogen-bond donors (Lipinski definition) is 1. The molecule has 3 rings (SSSR count). The van der Waals surface area contributed by atoms with Gasteiger partial charge in [0.25, 0.3) is 15.9 Å². The summed E-state index contributed by atoms with van der Waals surface area (Å²) >= 11 is 6.14. The molecule has 5 nitrogen and oxygen atoms in total. The van der Waals surface area contributed by atoms with Gasteiger partial charge in [-0.2, -0.15) is 0 Å². The lowest BCUT2D eigenvalue weighted by molar-refractivity contribution is 0.0785. The molecule has 0 saturated carbocycles. The Morgan fingerprint density at radius 1 is 1.07 bits per heavy atom. The molecule has 0 bridgehead atoms. The van der Waals surface area contributed by atoms with E-state index in [9.17, 15) is 17.6 Å². The second kappa shape index (κ2) is 8.85. The fourth-order valence-corrected chi connectivity index (χ4v) is 4.18. The van der Waals surface area contributed by atoms with Crippen LogP contribution in [0.3, 0.4) is 0 Å². The molecule has 1 N–H and O–H groups in total. The summed E-state index contributed by atoms with van der Waals surface area (Å²) in [5.41, 5.74) is 2.43. The van der Waals surface area contributed by atoms with Crippen LogP contribution in [0.15, 0.2) is 71.6 Å². The second-order valence-corrected chi connectivity index (χ2v) is 8.93. The average Bonchev–Trinajstić information content (AvgIpc) is 2.71. The number of sulfonamides is 1. The second-order valence-electron chi connectivity index (χ2n) is 6.84. The first kappa shape index (κ1) is 21.8. The molecule has 3 aromatic rings. The maximum absolute atomic E-state index is 13.1. The third kappa shape index (κ3) is 4.98. The van der Waals surface area contributed by atoms with E-state index in [1.54, 1.807) is 11.9 Å². The standard InChI is InChI=1S/C22H20ClFN2O3S/c1-15-5-3-4-6-17(15)14-26(2)22(27)16-7-12-20(23)21(13-16)25-30(28,29)19-10-8-18(24)9-11-19/h3-13,25H,14H2,1-2H3. The van der Waals surface area contributed by atoms with Crippen LogP contribution in [-0.4, -0.2) is 26.3 Å². The minimum absolute atomic E-state index is 0.0659. The minimum atomic E-state index is -4.00. The van der Waals surface area contributed by atoms with Crippen LogP contribution in [0.5, 0.6) is 0 Å². The lowest BCUT2D eigenvalue weighted by atomic mass is 10.1. The van der Waals surface area contributed by atoms with E-state index in [1.807, 2.05) is 31.2 Å². The van der Waals surface area contributed by atoms with Crippen LogP contribution in [0.25, 0.3) is 0 Å². The van der Waals surface area contributed by atoms with Crippen LogP contribution in [0.1, 0.15) is 21.5 Å². The maximum Gasteiger partial charge on any atom is 0.261 e. The molecule has 0 spiro atoms. The fraction of sp³-hybridized carbons (Fsp3) is 0.136. The summed E-state index contributed by atoms with van der Waals surface area (Å²) in [6.45, 7) is 2.38. The number of hydrogen-bond acceptors (Lipinski definition) is 3. The van der Waals surface area contributed by atoms with Crippen molar-refractivity contribution in [2.24, 2.45) is 0 Å². The number of anilines is 1. The van der Waals surface area contributed by atoms with Crippen molar-refractivity contribution in [1.82, 2.24) is 4.90 Å². The Morgan fingerprint density at radius 3 is 2.40 bits per heavy atom. The highest BCUT2D eigenvalue weighted by Gasteiger charge is 2.19. The molecule has 30 heavy (non-hydrogen) atoms. The smallest absolute Gasteiger partial charge is 0.261 e. The molecule has 0 unspecified atom stereocenters. The van der Waals surface area contributed by atoms with E-state index in [4.69, 9.17) is 11.6 Å². The Bertz CT molecular complexity index is 1180. The summed E-state index contributed by atoms with van der Waals surface area (Å²) < 4.78 is 40.6. The first-order valence-electron chi connectivity index (χ1n) is 9.05. The number of rotatable bonds is 6. The van der Waals surface area contributed by atoms with Crippen molar-refractivity contribution in [3.8, 4) is 0 Å². The van der Waals surface area contributed by atoms with Crippen LogP contribution in [-0.2, 0) is 16.6 Å². The van der Waals surface area contributed by atoms with Gasteiger partial charge >= 0.3 is 0 Å². The molecular weight excluding hydrogens is 427 g/mol. The normalized spacial score (nSPS) is 11.2. The van der Waals surface area contributed by atoms with Crippen molar-refractivity contribution in [3.05, 3.63) is 94.3 Å². The van der Waals surface area contributed by atoms with Crippen molar-refractivity contribution < 1.29 is 17.6 Å². The molecular formula is C22H20ClFN2O3S. The zero-order valence-electron chi connectivity index (χ0n) is 16.4. The summed E-state index contributed by atoms with van der Waals surface area (Å²) in [4.78, 5) is 14.3. The quantitative estimate of drug-likeness (QED) is 0.588. The maximum atomic E-state index is 13.1. The molecule has 156 valence electrons. The monoisotopic (exact) mass is 446 g/mol. The van der Waals surface area contributed by atoms with Gasteiger partial charge in [-0.25, -0.2) is 12.8 Å². The topological polar surface area (TPSA) is 66.5 Å². The number of halogens is 2. The number of carbonyl (C=O) groups is 1. The van der Waals surface area contributed by atoms with E-state index in [2.05, 4.69) is 4.72 Å². The number of aryl methyl sites for hydroxylation is 1. The van der Waals surface area contributed by atoms with Gasteiger partial charge in [0.2, 0.25) is 0 Å². The Balaban J connectivity index is 1.83. The van der Waals surface area contributed by atoms with Gasteiger partial charge in [0, 0.05) is 19.2 Å². The third-order valence-electron chi connectivity index (χ3n) is 4.60. The van der Waals surface area contributed by atoms with Gasteiger partial charge in [0.1, 0.15) is 5.82 Å². The summed E-state index contributed by atoms with van der Waals surface area (Å²) in [6.07, 6.45) is 0. The Morgan fingerprint density at radius 2 is 1.73 bits per heavy atom. The van der Waals surface area contributed by atoms with Crippen LogP contribution in [0.4, 0.5) is 10.1 Å². The van der Waals surface area contributed by atoms with E-state index < -0.39 is 15.8 Å². The number of carbonyl (C=O) groups excluding carboxylic acids is 1. The number of amides is 1. The van der Waals surface area contributed by atoms with Gasteiger partial charge in [-0.3, -0.25) is 9.52 Å². The van der Waals surface area contributed by atoms with Crippen LogP contribution < -0.4 is 4.72 Å². The fourth-order valence-electron chi connectivity index (χ4n) is 2.89. The lowest BCUT2D eigenvalue weighted by Gasteiger charge is -2.19. The molecule has 0 aliphatic heterocycles. The van der Waals surface area contributed by atoms with Crippen molar-refractivity contribution in [1.29, 1.82) is 0 Å². The molecule has 3 aromatic carbocycles. The number of benzene rings is 3. The van der Waals surface area contributed by atoms with Gasteiger partial charge in [-0.15, -0.1) is 0 Å². The zero-order chi connectivity index (χ0) is 21.9. The minimum Gasteiger partial charge on any atom is -0.337 e. The summed E-state index contributed by atoms with van der Waals surface area (Å²) in [6, 6.07) is 16.5. The highest BCUT2D eigenvalue weighted by atomic mass is 35.5. The third-order valence-corrected chi connectivity index (χ3v) is 6.31. The summed E-state index contributed by atoms with van der Waals surface area (Å²) in [7, 11) is -2.32. The van der Waals surface area contributed by atoms with Gasteiger partial charge in [-0.1, -0.05) is 35.9 Å². The van der Waals surface area contributed by atoms with Crippen LogP contribution in [0, 0.1) is 12.7 Å². The van der Waals surface area contributed by atoms with Gasteiger partial charge in [0.15, 0.2) is 0 Å². The molecule has 0 aliphatic rings. The Labute approximate surface area is 180 Å². The highest BCUT2D eigenvalue weighted by molar-refractivity contribution is 7.92. The predicted octanol–water partition coefficient (Wildman–Crippen LogP) is 4.86. The first-order valence-corrected chi connectivity index (χ1v) is 10.9. The Hall–Kier alpha value is -2.90. The van der Waals surface area contributed by atoms with Crippen molar-refractivity contribution in [3.63, 3.8) is 0 Å². The highest BCUT2D eigenvalue weighted by Crippen LogP contribution is 2.27. The zero-order valence-corrected chi connectivity index (χ0v) is 18.0. The summed E-state index contributed by atoms with van der Waals surface area (Å²) in [5, 5.41) is 0.138. The van der Waals surface area contributed by atoms with E-state index in [0.717, 1.165) is 35.4 Å². The predicted molar refractivity (Wildman–Crippen MR) is 116 cm³/mol. The van der Waals surface area contributed by atoms with Crippen LogP contribution in [0.2, 0.25) is 5.02 Å². The van der Waals surface area contributed by atoms with Gasteiger partial charge < -0.3 is 4.90 Å². The van der Waals surface area contributed by atoms with Crippen molar-refractivity contribution in [2.45, 2.75) is 18.4 Å². The number of nitrogens with one attached hydrogen (secondary N) is 1. The first-order chi connectivity index (χ1) is 14.2. The molecule has 1 amide bonds. The van der Waals surface area contributed by atoms with Gasteiger partial charge in [0.05, 0.1) is 15.6 Å². The van der Waals surface area contributed by atoms with Crippen molar-refractivity contribution >= 4 is 33.2 Å².